The molecule has 0 aliphatic heterocycles. The van der Waals surface area contributed by atoms with Crippen LogP contribution in [-0.2, 0) is 0 Å². The number of benzene rings is 4. The van der Waals surface area contributed by atoms with E-state index in [2.05, 4.69) is 0 Å². The lowest BCUT2D eigenvalue weighted by atomic mass is 9.87. The Morgan fingerprint density at radius 3 is 2.23 bits per heavy atom. The smallest absolute Gasteiger partial charge is 0.194 e. The van der Waals surface area contributed by atoms with Crippen molar-refractivity contribution in [3.05, 3.63) is 117 Å². The van der Waals surface area contributed by atoms with Crippen molar-refractivity contribution in [3.8, 4) is 22.4 Å². The molecule has 1 heterocycles. The molecule has 5 rings (SSSR count). The molecule has 0 bridgehead atoms. The predicted molar refractivity (Wildman–Crippen MR) is 146 cm³/mol. The zero-order valence-corrected chi connectivity index (χ0v) is 20.8. The fraction of sp³-hybridized carbons (Fsp3) is 0.0667. The monoisotopic (exact) mass is 496 g/mol. The van der Waals surface area contributed by atoms with E-state index in [0.29, 0.717) is 43.6 Å². The van der Waals surface area contributed by atoms with Gasteiger partial charge in [-0.2, -0.15) is 0 Å². The van der Waals surface area contributed by atoms with Gasteiger partial charge in [-0.25, -0.2) is 4.98 Å². The highest BCUT2D eigenvalue weighted by atomic mass is 35.5. The first-order valence-corrected chi connectivity index (χ1v) is 11.9. The Labute approximate surface area is 214 Å². The maximum atomic E-state index is 14.2. The van der Waals surface area contributed by atoms with Gasteiger partial charge in [-0.05, 0) is 67.9 Å². The molecule has 0 aliphatic carbocycles. The molecule has 0 radical (unpaired) electrons. The molecule has 0 saturated heterocycles. The van der Waals surface area contributed by atoms with Gasteiger partial charge in [0.1, 0.15) is 0 Å². The second-order valence-corrected chi connectivity index (χ2v) is 9.54. The van der Waals surface area contributed by atoms with Crippen LogP contribution in [0.3, 0.4) is 0 Å². The summed E-state index contributed by atoms with van der Waals surface area (Å²) in [5, 5.41) is 1.83. The van der Waals surface area contributed by atoms with Gasteiger partial charge in [0, 0.05) is 43.4 Å². The molecule has 172 valence electrons. The normalized spacial score (nSPS) is 11.1. The third-order valence-corrected chi connectivity index (χ3v) is 6.50. The molecule has 5 heteroatoms. The van der Waals surface area contributed by atoms with Crippen molar-refractivity contribution in [1.82, 2.24) is 4.98 Å². The number of aromatic nitrogens is 1. The lowest BCUT2D eigenvalue weighted by molar-refractivity contribution is 0.104. The van der Waals surface area contributed by atoms with Gasteiger partial charge in [0.25, 0.3) is 0 Å². The van der Waals surface area contributed by atoms with Crippen LogP contribution in [0, 0.1) is 13.8 Å². The molecule has 0 aliphatic rings. The third kappa shape index (κ3) is 4.41. The third-order valence-electron chi connectivity index (χ3n) is 6.03. The van der Waals surface area contributed by atoms with Crippen LogP contribution in [0.4, 0.5) is 5.69 Å². The summed E-state index contributed by atoms with van der Waals surface area (Å²) in [5.41, 5.74) is 13.7. The lowest BCUT2D eigenvalue weighted by Gasteiger charge is -2.19. The van der Waals surface area contributed by atoms with Crippen molar-refractivity contribution >= 4 is 45.6 Å². The Kier molecular flexibility index (Phi) is 6.06. The van der Waals surface area contributed by atoms with Gasteiger partial charge < -0.3 is 5.73 Å². The SMILES string of the molecule is Cc1ccc(N)c(-c2nc3ccc(C)cc3c(C(=O)c3cccc(Cl)c3)c2-c2cccc(Cl)c2)c1. The van der Waals surface area contributed by atoms with Gasteiger partial charge >= 0.3 is 0 Å². The average Bonchev–Trinajstić information content (AvgIpc) is 2.84. The quantitative estimate of drug-likeness (QED) is 0.201. The molecule has 0 unspecified atom stereocenters. The molecule has 5 aromatic rings. The van der Waals surface area contributed by atoms with Crippen LogP contribution < -0.4 is 5.73 Å². The zero-order chi connectivity index (χ0) is 24.7. The van der Waals surface area contributed by atoms with Crippen molar-refractivity contribution in [2.45, 2.75) is 13.8 Å². The molecule has 0 amide bonds. The highest BCUT2D eigenvalue weighted by Crippen LogP contribution is 2.41. The molecule has 0 spiro atoms. The van der Waals surface area contributed by atoms with Crippen LogP contribution in [0.1, 0.15) is 27.0 Å². The minimum absolute atomic E-state index is 0.145. The van der Waals surface area contributed by atoms with E-state index in [0.717, 1.165) is 27.6 Å². The van der Waals surface area contributed by atoms with Crippen molar-refractivity contribution in [1.29, 1.82) is 0 Å². The van der Waals surface area contributed by atoms with E-state index in [1.165, 1.54) is 0 Å². The number of carbonyl (C=O) groups excluding carboxylic acids is 1. The van der Waals surface area contributed by atoms with Gasteiger partial charge in [-0.1, -0.05) is 70.7 Å². The van der Waals surface area contributed by atoms with Crippen LogP contribution in [0.15, 0.2) is 84.9 Å². The molecule has 0 atom stereocenters. The summed E-state index contributed by atoms with van der Waals surface area (Å²) >= 11 is 12.7. The Bertz CT molecular complexity index is 1630. The van der Waals surface area contributed by atoms with Gasteiger partial charge in [0.2, 0.25) is 0 Å². The number of halogens is 2. The maximum absolute atomic E-state index is 14.2. The topological polar surface area (TPSA) is 56.0 Å². The summed E-state index contributed by atoms with van der Waals surface area (Å²) < 4.78 is 0. The molecule has 3 nitrogen and oxygen atoms in total. The number of pyridine rings is 1. The summed E-state index contributed by atoms with van der Waals surface area (Å²) in [6, 6.07) is 26.2. The van der Waals surface area contributed by atoms with Crippen molar-refractivity contribution in [2.24, 2.45) is 0 Å². The minimum Gasteiger partial charge on any atom is -0.398 e. The highest BCUT2D eigenvalue weighted by molar-refractivity contribution is 6.32. The van der Waals surface area contributed by atoms with Gasteiger partial charge in [-0.3, -0.25) is 4.79 Å². The molecule has 1 aromatic heterocycles. The summed E-state index contributed by atoms with van der Waals surface area (Å²) in [5.74, 6) is -0.145. The zero-order valence-electron chi connectivity index (χ0n) is 19.3. The molecular weight excluding hydrogens is 475 g/mol. The summed E-state index contributed by atoms with van der Waals surface area (Å²) in [4.78, 5) is 19.2. The van der Waals surface area contributed by atoms with E-state index in [1.807, 2.05) is 74.5 Å². The number of fused-ring (bicyclic) bond motifs is 1. The van der Waals surface area contributed by atoms with Crippen molar-refractivity contribution in [3.63, 3.8) is 0 Å². The van der Waals surface area contributed by atoms with Crippen LogP contribution in [0.5, 0.6) is 0 Å². The Hall–Kier alpha value is -3.66. The predicted octanol–water partition coefficient (Wildman–Crippen LogP) is 8.31. The lowest BCUT2D eigenvalue weighted by Crippen LogP contribution is -2.08. The highest BCUT2D eigenvalue weighted by Gasteiger charge is 2.25. The number of carbonyl (C=O) groups is 1. The minimum atomic E-state index is -0.145. The molecule has 35 heavy (non-hydrogen) atoms. The van der Waals surface area contributed by atoms with E-state index < -0.39 is 0 Å². The second kappa shape index (κ2) is 9.18. The molecular formula is C30H22Cl2N2O. The first-order valence-electron chi connectivity index (χ1n) is 11.2. The van der Waals surface area contributed by atoms with Crippen LogP contribution in [0.2, 0.25) is 10.0 Å². The van der Waals surface area contributed by atoms with E-state index in [4.69, 9.17) is 33.9 Å². The summed E-state index contributed by atoms with van der Waals surface area (Å²) in [6.07, 6.45) is 0. The van der Waals surface area contributed by atoms with E-state index in [9.17, 15) is 4.79 Å². The molecule has 2 N–H and O–H groups in total. The van der Waals surface area contributed by atoms with Gasteiger partial charge in [0.05, 0.1) is 11.2 Å². The summed E-state index contributed by atoms with van der Waals surface area (Å²) in [7, 11) is 0. The van der Waals surface area contributed by atoms with Gasteiger partial charge in [0.15, 0.2) is 5.78 Å². The first kappa shape index (κ1) is 23.1. The second-order valence-electron chi connectivity index (χ2n) is 8.67. The fourth-order valence-electron chi connectivity index (χ4n) is 4.38. The van der Waals surface area contributed by atoms with Gasteiger partial charge in [-0.15, -0.1) is 0 Å². The number of rotatable bonds is 4. The van der Waals surface area contributed by atoms with E-state index in [-0.39, 0.29) is 5.78 Å². The van der Waals surface area contributed by atoms with E-state index >= 15 is 0 Å². The molecule has 0 saturated carbocycles. The standard InChI is InChI=1S/C30H22Cl2N2O/c1-17-9-11-25(33)23(13-17)29-27(19-5-3-7-21(31)15-19)28(24-14-18(2)10-12-26(24)34-29)30(35)20-6-4-8-22(32)16-20/h3-16H,33H2,1-2H3. The first-order chi connectivity index (χ1) is 16.8. The van der Waals surface area contributed by atoms with Crippen LogP contribution in [-0.4, -0.2) is 10.8 Å². The van der Waals surface area contributed by atoms with Crippen molar-refractivity contribution < 1.29 is 4.79 Å². The Morgan fingerprint density at radius 1 is 0.800 bits per heavy atom. The number of hydrogen-bond acceptors (Lipinski definition) is 3. The molecule has 0 fully saturated rings. The van der Waals surface area contributed by atoms with Crippen molar-refractivity contribution in [2.75, 3.05) is 5.73 Å². The average molecular weight is 497 g/mol. The number of nitrogen functional groups attached to an aromatic ring is 1. The Morgan fingerprint density at radius 2 is 1.49 bits per heavy atom. The largest absolute Gasteiger partial charge is 0.398 e. The van der Waals surface area contributed by atoms with E-state index in [1.54, 1.807) is 24.3 Å². The number of nitrogens with zero attached hydrogens (tertiary/aromatic N) is 1. The van der Waals surface area contributed by atoms with Crippen LogP contribution >= 0.6 is 23.2 Å². The number of ketones is 1. The van der Waals surface area contributed by atoms with Crippen LogP contribution in [0.25, 0.3) is 33.3 Å². The number of hydrogen-bond donors (Lipinski definition) is 1. The number of anilines is 1. The Balaban J connectivity index is 1.97. The summed E-state index contributed by atoms with van der Waals surface area (Å²) in [6.45, 7) is 4.00. The maximum Gasteiger partial charge on any atom is 0.194 e. The fourth-order valence-corrected chi connectivity index (χ4v) is 4.76. The number of aryl methyl sites for hydroxylation is 2. The molecule has 4 aromatic carbocycles. The number of nitrogens with two attached hydrogens (primary N) is 1.